The van der Waals surface area contributed by atoms with Gasteiger partial charge in [-0.05, 0) is 12.1 Å². The minimum absolute atomic E-state index is 0.0469. The summed E-state index contributed by atoms with van der Waals surface area (Å²) in [5, 5.41) is 2.69. The Balaban J connectivity index is 2.42. The van der Waals surface area contributed by atoms with E-state index in [0.29, 0.717) is 28.8 Å². The van der Waals surface area contributed by atoms with Crippen LogP contribution in [0.1, 0.15) is 17.9 Å². The molecule has 0 radical (unpaired) electrons. The van der Waals surface area contributed by atoms with Crippen LogP contribution in [0.5, 0.6) is 5.75 Å². The van der Waals surface area contributed by atoms with Gasteiger partial charge in [-0.3, -0.25) is 4.79 Å². The molecule has 16 heavy (non-hydrogen) atoms. The Morgan fingerprint density at radius 2 is 2.31 bits per heavy atom. The molecule has 1 aliphatic heterocycles. The van der Waals surface area contributed by atoms with Crippen LogP contribution in [0.2, 0.25) is 0 Å². The lowest BCUT2D eigenvalue weighted by atomic mass is 9.96. The number of hydrogen-bond acceptors (Lipinski definition) is 2. The number of carbonyl (C=O) groups is 1. The fraction of sp³-hybridized carbons (Fsp3) is 0.364. The van der Waals surface area contributed by atoms with E-state index >= 15 is 0 Å². The molecular weight excluding hydrogens is 277 g/mol. The van der Waals surface area contributed by atoms with Crippen LogP contribution in [0.4, 0.5) is 4.39 Å². The summed E-state index contributed by atoms with van der Waals surface area (Å²) >= 11 is 3.21. The van der Waals surface area contributed by atoms with Crippen molar-refractivity contribution in [3.63, 3.8) is 0 Å². The molecule has 0 aromatic heterocycles. The topological polar surface area (TPSA) is 38.3 Å². The fourth-order valence-corrected chi connectivity index (χ4v) is 2.34. The SMILES string of the molecule is COc1cc(Br)cc(F)c1C1CNC(=O)C1. The van der Waals surface area contributed by atoms with Crippen molar-refractivity contribution in [1.29, 1.82) is 0 Å². The van der Waals surface area contributed by atoms with Gasteiger partial charge in [0.2, 0.25) is 5.91 Å². The van der Waals surface area contributed by atoms with E-state index in [1.807, 2.05) is 0 Å². The number of nitrogens with one attached hydrogen (secondary N) is 1. The first kappa shape index (κ1) is 11.4. The lowest BCUT2D eigenvalue weighted by Crippen LogP contribution is -2.14. The molecule has 1 heterocycles. The lowest BCUT2D eigenvalue weighted by molar-refractivity contribution is -0.119. The van der Waals surface area contributed by atoms with Gasteiger partial charge in [-0.1, -0.05) is 15.9 Å². The van der Waals surface area contributed by atoms with Gasteiger partial charge in [0.25, 0.3) is 0 Å². The summed E-state index contributed by atoms with van der Waals surface area (Å²) in [7, 11) is 1.49. The summed E-state index contributed by atoms with van der Waals surface area (Å²) in [4.78, 5) is 11.1. The molecule has 1 unspecified atom stereocenters. The number of rotatable bonds is 2. The summed E-state index contributed by atoms with van der Waals surface area (Å²) < 4.78 is 19.6. The van der Waals surface area contributed by atoms with E-state index in [9.17, 15) is 9.18 Å². The van der Waals surface area contributed by atoms with E-state index in [1.54, 1.807) is 6.07 Å². The Kier molecular flexibility index (Phi) is 3.14. The maximum atomic E-state index is 13.8. The number of halogens is 2. The summed E-state index contributed by atoms with van der Waals surface area (Å²) in [6.07, 6.45) is 0.314. The van der Waals surface area contributed by atoms with E-state index < -0.39 is 0 Å². The first-order valence-corrected chi connectivity index (χ1v) is 5.70. The second kappa shape index (κ2) is 4.41. The molecule has 1 atom stereocenters. The number of hydrogen-bond donors (Lipinski definition) is 1. The highest BCUT2D eigenvalue weighted by Crippen LogP contribution is 2.35. The zero-order chi connectivity index (χ0) is 11.7. The second-order valence-corrected chi connectivity index (χ2v) is 4.62. The predicted octanol–water partition coefficient (Wildman–Crippen LogP) is 2.20. The third-order valence-electron chi connectivity index (χ3n) is 2.66. The van der Waals surface area contributed by atoms with Crippen molar-refractivity contribution < 1.29 is 13.9 Å². The van der Waals surface area contributed by atoms with E-state index in [0.717, 1.165) is 0 Å². The average molecular weight is 288 g/mol. The molecule has 1 N–H and O–H groups in total. The molecule has 1 aromatic carbocycles. The number of amides is 1. The first-order valence-electron chi connectivity index (χ1n) is 4.91. The van der Waals surface area contributed by atoms with E-state index in [4.69, 9.17) is 4.74 Å². The molecule has 1 amide bonds. The number of methoxy groups -OCH3 is 1. The summed E-state index contributed by atoms with van der Waals surface area (Å²) in [5.74, 6) is -0.0500. The first-order chi connectivity index (χ1) is 7.61. The molecule has 0 spiro atoms. The van der Waals surface area contributed by atoms with Gasteiger partial charge >= 0.3 is 0 Å². The van der Waals surface area contributed by atoms with Gasteiger partial charge in [0, 0.05) is 28.9 Å². The largest absolute Gasteiger partial charge is 0.496 e. The molecule has 0 saturated carbocycles. The average Bonchev–Trinajstić information content (AvgIpc) is 2.63. The van der Waals surface area contributed by atoms with Gasteiger partial charge in [0.05, 0.1) is 7.11 Å². The van der Waals surface area contributed by atoms with E-state index in [-0.39, 0.29) is 17.6 Å². The molecule has 86 valence electrons. The van der Waals surface area contributed by atoms with Crippen molar-refractivity contribution in [1.82, 2.24) is 5.32 Å². The predicted molar refractivity (Wildman–Crippen MR) is 61.0 cm³/mol. The van der Waals surface area contributed by atoms with Crippen LogP contribution in [0.3, 0.4) is 0 Å². The Morgan fingerprint density at radius 3 is 2.88 bits per heavy atom. The Hall–Kier alpha value is -1.10. The van der Waals surface area contributed by atoms with Gasteiger partial charge in [-0.2, -0.15) is 0 Å². The smallest absolute Gasteiger partial charge is 0.220 e. The van der Waals surface area contributed by atoms with Crippen LogP contribution in [0.15, 0.2) is 16.6 Å². The highest BCUT2D eigenvalue weighted by molar-refractivity contribution is 9.10. The number of benzene rings is 1. The minimum atomic E-state index is -0.340. The van der Waals surface area contributed by atoms with Crippen LogP contribution in [0, 0.1) is 5.82 Å². The molecule has 2 rings (SSSR count). The van der Waals surface area contributed by atoms with Crippen LogP contribution in [-0.4, -0.2) is 19.6 Å². The molecule has 5 heteroatoms. The van der Waals surface area contributed by atoms with Crippen LogP contribution in [0.25, 0.3) is 0 Å². The van der Waals surface area contributed by atoms with Crippen molar-refractivity contribution >= 4 is 21.8 Å². The maximum Gasteiger partial charge on any atom is 0.220 e. The highest BCUT2D eigenvalue weighted by Gasteiger charge is 2.28. The van der Waals surface area contributed by atoms with Crippen LogP contribution in [-0.2, 0) is 4.79 Å². The van der Waals surface area contributed by atoms with Crippen LogP contribution < -0.4 is 10.1 Å². The van der Waals surface area contributed by atoms with Gasteiger partial charge in [-0.15, -0.1) is 0 Å². The molecule has 3 nitrogen and oxygen atoms in total. The summed E-state index contributed by atoms with van der Waals surface area (Å²) in [6, 6.07) is 3.10. The zero-order valence-electron chi connectivity index (χ0n) is 8.72. The standard InChI is InChI=1S/C11H11BrFNO2/c1-16-9-4-7(12)3-8(13)11(9)6-2-10(15)14-5-6/h3-4,6H,2,5H2,1H3,(H,14,15). The summed E-state index contributed by atoms with van der Waals surface area (Å²) in [6.45, 7) is 0.466. The quantitative estimate of drug-likeness (QED) is 0.906. The van der Waals surface area contributed by atoms with Gasteiger partial charge in [0.1, 0.15) is 11.6 Å². The monoisotopic (exact) mass is 287 g/mol. The minimum Gasteiger partial charge on any atom is -0.496 e. The summed E-state index contributed by atoms with van der Waals surface area (Å²) in [5.41, 5.74) is 0.476. The molecule has 1 aromatic rings. The highest BCUT2D eigenvalue weighted by atomic mass is 79.9. The molecule has 1 saturated heterocycles. The van der Waals surface area contributed by atoms with Crippen molar-refractivity contribution in [2.24, 2.45) is 0 Å². The molecule has 1 aliphatic rings. The van der Waals surface area contributed by atoms with E-state index in [2.05, 4.69) is 21.2 Å². The number of carbonyl (C=O) groups excluding carboxylic acids is 1. The Labute approximate surface area is 101 Å². The van der Waals surface area contributed by atoms with E-state index in [1.165, 1.54) is 13.2 Å². The maximum absolute atomic E-state index is 13.8. The van der Waals surface area contributed by atoms with Gasteiger partial charge in [0.15, 0.2) is 0 Å². The molecule has 0 aliphatic carbocycles. The van der Waals surface area contributed by atoms with Crippen molar-refractivity contribution in [2.45, 2.75) is 12.3 Å². The number of ether oxygens (including phenoxy) is 1. The molecule has 0 bridgehead atoms. The fourth-order valence-electron chi connectivity index (χ4n) is 1.94. The van der Waals surface area contributed by atoms with Crippen molar-refractivity contribution in [2.75, 3.05) is 13.7 Å². The second-order valence-electron chi connectivity index (χ2n) is 3.71. The lowest BCUT2D eigenvalue weighted by Gasteiger charge is -2.14. The van der Waals surface area contributed by atoms with Gasteiger partial charge in [-0.25, -0.2) is 4.39 Å². The molecule has 1 fully saturated rings. The van der Waals surface area contributed by atoms with Crippen molar-refractivity contribution in [3.8, 4) is 5.75 Å². The third-order valence-corrected chi connectivity index (χ3v) is 3.12. The third kappa shape index (κ3) is 2.04. The zero-order valence-corrected chi connectivity index (χ0v) is 10.3. The Bertz CT molecular complexity index is 436. The Morgan fingerprint density at radius 1 is 1.56 bits per heavy atom. The van der Waals surface area contributed by atoms with Crippen LogP contribution >= 0.6 is 15.9 Å². The van der Waals surface area contributed by atoms with Crippen molar-refractivity contribution in [3.05, 3.63) is 28.0 Å². The normalized spacial score (nSPS) is 19.7. The van der Waals surface area contributed by atoms with Gasteiger partial charge < -0.3 is 10.1 Å². The molecular formula is C11H11BrFNO2.